The maximum Gasteiger partial charge on any atom is 0.248 e. The molecule has 1 fully saturated rings. The fourth-order valence-corrected chi connectivity index (χ4v) is 5.84. The fraction of sp³-hybridized carbons (Fsp3) is 0.250. The molecule has 3 aromatic rings. The van der Waals surface area contributed by atoms with Crippen LogP contribution in [-0.2, 0) is 16.6 Å². The molecular formula is C20H21N3O3S2. The second-order valence-corrected chi connectivity index (χ2v) is 9.68. The molecule has 0 atom stereocenters. The third-order valence-electron chi connectivity index (χ3n) is 5.06. The lowest BCUT2D eigenvalue weighted by Crippen LogP contribution is -2.48. The van der Waals surface area contributed by atoms with Crippen LogP contribution in [-0.4, -0.2) is 49.7 Å². The summed E-state index contributed by atoms with van der Waals surface area (Å²) in [4.78, 5) is 13.6. The Hall–Kier alpha value is -2.26. The molecule has 1 saturated heterocycles. The van der Waals surface area contributed by atoms with Crippen molar-refractivity contribution in [2.45, 2.75) is 11.4 Å². The van der Waals surface area contributed by atoms with Gasteiger partial charge in [-0.3, -0.25) is 9.69 Å². The van der Waals surface area contributed by atoms with E-state index in [-0.39, 0.29) is 4.90 Å². The molecule has 2 N–H and O–H groups in total. The first kappa shape index (κ1) is 19.1. The summed E-state index contributed by atoms with van der Waals surface area (Å²) < 4.78 is 28.5. The van der Waals surface area contributed by atoms with E-state index in [4.69, 9.17) is 5.73 Å². The highest BCUT2D eigenvalue weighted by Crippen LogP contribution is 2.27. The average Bonchev–Trinajstić information content (AvgIpc) is 3.11. The second kappa shape index (κ2) is 7.63. The van der Waals surface area contributed by atoms with Crippen molar-refractivity contribution >= 4 is 37.4 Å². The van der Waals surface area contributed by atoms with Gasteiger partial charge in [0.2, 0.25) is 15.9 Å². The van der Waals surface area contributed by atoms with Crippen molar-refractivity contribution in [1.82, 2.24) is 9.21 Å². The monoisotopic (exact) mass is 415 g/mol. The minimum absolute atomic E-state index is 0.190. The van der Waals surface area contributed by atoms with E-state index < -0.39 is 15.9 Å². The van der Waals surface area contributed by atoms with Gasteiger partial charge in [-0.05, 0) is 46.7 Å². The van der Waals surface area contributed by atoms with Crippen LogP contribution in [0.5, 0.6) is 0 Å². The molecule has 8 heteroatoms. The van der Waals surface area contributed by atoms with Gasteiger partial charge in [-0.1, -0.05) is 18.2 Å². The van der Waals surface area contributed by atoms with Gasteiger partial charge in [0.1, 0.15) is 0 Å². The molecule has 0 radical (unpaired) electrons. The highest BCUT2D eigenvalue weighted by molar-refractivity contribution is 7.89. The summed E-state index contributed by atoms with van der Waals surface area (Å²) in [6.45, 7) is 3.08. The number of thiophene rings is 1. The summed E-state index contributed by atoms with van der Waals surface area (Å²) in [5.74, 6) is -0.571. The van der Waals surface area contributed by atoms with Gasteiger partial charge in [0.25, 0.3) is 0 Å². The number of benzene rings is 2. The zero-order valence-electron chi connectivity index (χ0n) is 15.2. The number of primary amides is 1. The van der Waals surface area contributed by atoms with Crippen LogP contribution < -0.4 is 5.73 Å². The largest absolute Gasteiger partial charge is 0.366 e. The quantitative estimate of drug-likeness (QED) is 0.694. The van der Waals surface area contributed by atoms with Crippen molar-refractivity contribution < 1.29 is 13.2 Å². The minimum atomic E-state index is -3.57. The molecule has 28 heavy (non-hydrogen) atoms. The molecule has 4 rings (SSSR count). The Morgan fingerprint density at radius 3 is 2.36 bits per heavy atom. The molecule has 1 aliphatic rings. The molecule has 0 bridgehead atoms. The van der Waals surface area contributed by atoms with E-state index in [1.54, 1.807) is 11.3 Å². The number of piperazine rings is 1. The molecule has 6 nitrogen and oxygen atoms in total. The Kier molecular flexibility index (Phi) is 5.20. The van der Waals surface area contributed by atoms with Gasteiger partial charge >= 0.3 is 0 Å². The summed E-state index contributed by atoms with van der Waals surface area (Å²) in [5.41, 5.74) is 6.81. The van der Waals surface area contributed by atoms with E-state index in [1.165, 1.54) is 44.2 Å². The number of carbonyl (C=O) groups is 1. The van der Waals surface area contributed by atoms with E-state index in [0.717, 1.165) is 6.54 Å². The predicted octanol–water partition coefficient (Wildman–Crippen LogP) is 2.51. The van der Waals surface area contributed by atoms with E-state index in [1.807, 2.05) is 12.1 Å². The number of hydrogen-bond acceptors (Lipinski definition) is 5. The van der Waals surface area contributed by atoms with Crippen molar-refractivity contribution in [1.29, 1.82) is 0 Å². The van der Waals surface area contributed by atoms with E-state index in [0.29, 0.717) is 31.7 Å². The van der Waals surface area contributed by atoms with E-state index in [2.05, 4.69) is 22.4 Å². The Balaban J connectivity index is 1.42. The Labute approximate surface area is 168 Å². The smallest absolute Gasteiger partial charge is 0.248 e. The van der Waals surface area contributed by atoms with Crippen molar-refractivity contribution in [2.75, 3.05) is 26.2 Å². The molecule has 1 aliphatic heterocycles. The van der Waals surface area contributed by atoms with Gasteiger partial charge in [0, 0.05) is 43.0 Å². The number of fused-ring (bicyclic) bond motifs is 1. The standard InChI is InChI=1S/C20H21N3O3S2/c21-20(24)15-5-7-17(8-6-15)28(25,26)23-11-9-22(10-12-23)13-16-14-27-19-4-2-1-3-18(16)19/h1-8,14H,9-13H2,(H2,21,24). The van der Waals surface area contributed by atoms with Crippen LogP contribution in [0.1, 0.15) is 15.9 Å². The number of sulfonamides is 1. The highest BCUT2D eigenvalue weighted by Gasteiger charge is 2.28. The Bertz CT molecular complexity index is 1100. The first-order valence-corrected chi connectivity index (χ1v) is 11.3. The van der Waals surface area contributed by atoms with E-state index >= 15 is 0 Å². The normalized spacial score (nSPS) is 16.4. The lowest BCUT2D eigenvalue weighted by Gasteiger charge is -2.33. The molecule has 146 valence electrons. The fourth-order valence-electron chi connectivity index (χ4n) is 3.46. The zero-order chi connectivity index (χ0) is 19.7. The number of hydrogen-bond donors (Lipinski definition) is 1. The minimum Gasteiger partial charge on any atom is -0.366 e. The molecule has 1 amide bonds. The molecule has 0 spiro atoms. The van der Waals surface area contributed by atoms with Gasteiger partial charge < -0.3 is 5.73 Å². The van der Waals surface area contributed by atoms with Gasteiger partial charge in [0.15, 0.2) is 0 Å². The van der Waals surface area contributed by atoms with Crippen LogP contribution in [0, 0.1) is 0 Å². The van der Waals surface area contributed by atoms with Crippen molar-refractivity contribution in [3.8, 4) is 0 Å². The van der Waals surface area contributed by atoms with Gasteiger partial charge in [-0.25, -0.2) is 8.42 Å². The molecule has 0 saturated carbocycles. The lowest BCUT2D eigenvalue weighted by atomic mass is 10.1. The Morgan fingerprint density at radius 2 is 1.68 bits per heavy atom. The predicted molar refractivity (Wildman–Crippen MR) is 111 cm³/mol. The van der Waals surface area contributed by atoms with Crippen LogP contribution in [0.2, 0.25) is 0 Å². The van der Waals surface area contributed by atoms with Gasteiger partial charge in [-0.2, -0.15) is 4.31 Å². The number of nitrogens with zero attached hydrogens (tertiary/aromatic N) is 2. The van der Waals surface area contributed by atoms with Gasteiger partial charge in [-0.15, -0.1) is 11.3 Å². The van der Waals surface area contributed by atoms with Crippen LogP contribution in [0.4, 0.5) is 0 Å². The summed E-state index contributed by atoms with van der Waals surface area (Å²) in [7, 11) is -3.57. The maximum absolute atomic E-state index is 12.9. The average molecular weight is 416 g/mol. The van der Waals surface area contributed by atoms with E-state index in [9.17, 15) is 13.2 Å². The number of carbonyl (C=O) groups excluding carboxylic acids is 1. The first-order chi connectivity index (χ1) is 13.4. The van der Waals surface area contributed by atoms with Crippen LogP contribution in [0.3, 0.4) is 0 Å². The van der Waals surface area contributed by atoms with Crippen molar-refractivity contribution in [2.24, 2.45) is 5.73 Å². The van der Waals surface area contributed by atoms with Crippen molar-refractivity contribution in [3.63, 3.8) is 0 Å². The number of amides is 1. The number of nitrogens with two attached hydrogens (primary N) is 1. The molecule has 2 heterocycles. The molecule has 0 aliphatic carbocycles. The maximum atomic E-state index is 12.9. The topological polar surface area (TPSA) is 83.7 Å². The number of rotatable bonds is 5. The summed E-state index contributed by atoms with van der Waals surface area (Å²) in [6.07, 6.45) is 0. The summed E-state index contributed by atoms with van der Waals surface area (Å²) in [5, 5.41) is 3.46. The Morgan fingerprint density at radius 1 is 1.00 bits per heavy atom. The molecule has 2 aromatic carbocycles. The SMILES string of the molecule is NC(=O)c1ccc(S(=O)(=O)N2CCN(Cc3csc4ccccc34)CC2)cc1. The van der Waals surface area contributed by atoms with Crippen LogP contribution in [0.15, 0.2) is 58.8 Å². The second-order valence-electron chi connectivity index (χ2n) is 6.83. The zero-order valence-corrected chi connectivity index (χ0v) is 16.9. The molecule has 1 aromatic heterocycles. The van der Waals surface area contributed by atoms with Crippen LogP contribution in [0.25, 0.3) is 10.1 Å². The molecular weight excluding hydrogens is 394 g/mol. The third kappa shape index (κ3) is 3.68. The molecule has 0 unspecified atom stereocenters. The highest BCUT2D eigenvalue weighted by atomic mass is 32.2. The third-order valence-corrected chi connectivity index (χ3v) is 7.99. The first-order valence-electron chi connectivity index (χ1n) is 9.02. The lowest BCUT2D eigenvalue weighted by molar-refractivity contribution is 0.1000. The van der Waals surface area contributed by atoms with Gasteiger partial charge in [0.05, 0.1) is 4.90 Å². The van der Waals surface area contributed by atoms with Crippen molar-refractivity contribution in [3.05, 3.63) is 65.0 Å². The summed E-state index contributed by atoms with van der Waals surface area (Å²) in [6, 6.07) is 14.1. The summed E-state index contributed by atoms with van der Waals surface area (Å²) >= 11 is 1.74. The van der Waals surface area contributed by atoms with Crippen LogP contribution >= 0.6 is 11.3 Å².